The third-order valence-corrected chi connectivity index (χ3v) is 3.67. The van der Waals surface area contributed by atoms with E-state index < -0.39 is 0 Å². The molecule has 1 aromatic rings. The normalized spacial score (nSPS) is 17.3. The summed E-state index contributed by atoms with van der Waals surface area (Å²) in [5.74, 6) is 0.922. The van der Waals surface area contributed by atoms with Crippen LogP contribution in [0.5, 0.6) is 5.75 Å². The highest BCUT2D eigenvalue weighted by Crippen LogP contribution is 2.28. The molecule has 0 atom stereocenters. The molecule has 19 heavy (non-hydrogen) atoms. The van der Waals surface area contributed by atoms with E-state index in [4.69, 9.17) is 9.47 Å². The fourth-order valence-corrected chi connectivity index (χ4v) is 2.60. The zero-order chi connectivity index (χ0) is 13.9. The van der Waals surface area contributed by atoms with E-state index in [2.05, 4.69) is 31.0 Å². The number of hydrogen-bond donors (Lipinski definition) is 1. The molecule has 0 unspecified atom stereocenters. The molecule has 1 aromatic carbocycles. The lowest BCUT2D eigenvalue weighted by molar-refractivity contribution is -0.147. The van der Waals surface area contributed by atoms with E-state index in [1.807, 2.05) is 6.07 Å². The minimum atomic E-state index is -0.0593. The van der Waals surface area contributed by atoms with E-state index in [0.29, 0.717) is 13.2 Å². The summed E-state index contributed by atoms with van der Waals surface area (Å²) in [4.78, 5) is 2.24. The first-order valence-electron chi connectivity index (χ1n) is 6.59. The van der Waals surface area contributed by atoms with Crippen molar-refractivity contribution in [2.45, 2.75) is 13.5 Å². The van der Waals surface area contributed by atoms with Gasteiger partial charge in [0.05, 0.1) is 32.3 Å². The molecular formula is C15H23NO3. The van der Waals surface area contributed by atoms with Gasteiger partial charge in [0.25, 0.3) is 0 Å². The van der Waals surface area contributed by atoms with Gasteiger partial charge < -0.3 is 19.5 Å². The second-order valence-electron chi connectivity index (χ2n) is 5.63. The molecular weight excluding hydrogens is 242 g/mol. The minimum absolute atomic E-state index is 0.0593. The summed E-state index contributed by atoms with van der Waals surface area (Å²) in [7, 11) is 3.77. The molecule has 0 radical (unpaired) electrons. The first kappa shape index (κ1) is 14.3. The molecule has 1 heterocycles. The van der Waals surface area contributed by atoms with Crippen LogP contribution in [0.2, 0.25) is 0 Å². The Bertz CT molecular complexity index is 424. The van der Waals surface area contributed by atoms with Gasteiger partial charge in [-0.25, -0.2) is 0 Å². The quantitative estimate of drug-likeness (QED) is 0.845. The van der Waals surface area contributed by atoms with Crippen molar-refractivity contribution in [3.05, 3.63) is 29.3 Å². The lowest BCUT2D eigenvalue weighted by atomic mass is 9.86. The van der Waals surface area contributed by atoms with E-state index >= 15 is 0 Å². The Hall–Kier alpha value is -1.10. The highest BCUT2D eigenvalue weighted by atomic mass is 16.5. The number of benzene rings is 1. The molecule has 106 valence electrons. The maximum atomic E-state index is 9.44. The average Bonchev–Trinajstić information content (AvgIpc) is 2.34. The molecule has 1 aliphatic rings. The summed E-state index contributed by atoms with van der Waals surface area (Å²) in [6, 6.07) is 6.25. The Kier molecular flexibility index (Phi) is 4.45. The number of aliphatic hydroxyl groups is 1. The largest absolute Gasteiger partial charge is 0.496 e. The topological polar surface area (TPSA) is 41.9 Å². The monoisotopic (exact) mass is 265 g/mol. The number of rotatable bonds is 6. The maximum absolute atomic E-state index is 9.44. The van der Waals surface area contributed by atoms with Gasteiger partial charge in [-0.3, -0.25) is 0 Å². The van der Waals surface area contributed by atoms with Gasteiger partial charge >= 0.3 is 0 Å². The number of nitrogens with zero attached hydrogens (tertiary/aromatic N) is 1. The van der Waals surface area contributed by atoms with Crippen LogP contribution in [-0.4, -0.2) is 50.5 Å². The fraction of sp³-hybridized carbons (Fsp3) is 0.600. The van der Waals surface area contributed by atoms with Gasteiger partial charge in [-0.2, -0.15) is 0 Å². The van der Waals surface area contributed by atoms with E-state index in [0.717, 1.165) is 24.4 Å². The van der Waals surface area contributed by atoms with Crippen LogP contribution in [0.4, 0.5) is 0 Å². The lowest BCUT2D eigenvalue weighted by Crippen LogP contribution is -2.52. The van der Waals surface area contributed by atoms with Crippen LogP contribution >= 0.6 is 0 Å². The Morgan fingerprint density at radius 2 is 2.16 bits per heavy atom. The third-order valence-electron chi connectivity index (χ3n) is 3.67. The van der Waals surface area contributed by atoms with Gasteiger partial charge in [-0.05, 0) is 31.2 Å². The molecule has 4 nitrogen and oxygen atoms in total. The lowest BCUT2D eigenvalue weighted by Gasteiger charge is -2.42. The second kappa shape index (κ2) is 5.90. The zero-order valence-corrected chi connectivity index (χ0v) is 12.0. The van der Waals surface area contributed by atoms with Crippen LogP contribution in [0.15, 0.2) is 18.2 Å². The third kappa shape index (κ3) is 3.26. The summed E-state index contributed by atoms with van der Waals surface area (Å²) >= 11 is 0. The van der Waals surface area contributed by atoms with Crippen LogP contribution in [0.3, 0.4) is 0 Å². The van der Waals surface area contributed by atoms with Crippen molar-refractivity contribution in [3.8, 4) is 5.75 Å². The molecule has 2 rings (SSSR count). The van der Waals surface area contributed by atoms with Crippen molar-refractivity contribution in [2.75, 3.05) is 40.5 Å². The Labute approximate surface area is 114 Å². The Morgan fingerprint density at radius 3 is 2.63 bits per heavy atom. The summed E-state index contributed by atoms with van der Waals surface area (Å²) < 4.78 is 10.5. The van der Waals surface area contributed by atoms with Gasteiger partial charge in [0.1, 0.15) is 5.75 Å². The maximum Gasteiger partial charge on any atom is 0.121 e. The number of hydrogen-bond acceptors (Lipinski definition) is 4. The highest BCUT2D eigenvalue weighted by molar-refractivity contribution is 5.36. The van der Waals surface area contributed by atoms with Crippen LogP contribution in [-0.2, 0) is 11.3 Å². The van der Waals surface area contributed by atoms with Gasteiger partial charge in [-0.15, -0.1) is 0 Å². The number of ether oxygens (including phenoxy) is 2. The first-order chi connectivity index (χ1) is 9.08. The van der Waals surface area contributed by atoms with Crippen LogP contribution in [0.25, 0.3) is 0 Å². The zero-order valence-electron chi connectivity index (χ0n) is 12.0. The highest BCUT2D eigenvalue weighted by Gasteiger charge is 2.38. The van der Waals surface area contributed by atoms with Gasteiger partial charge in [0.2, 0.25) is 0 Å². The molecule has 1 fully saturated rings. The fourth-order valence-electron chi connectivity index (χ4n) is 2.60. The van der Waals surface area contributed by atoms with E-state index in [-0.39, 0.29) is 12.0 Å². The predicted molar refractivity (Wildman–Crippen MR) is 74.4 cm³/mol. The molecule has 0 amide bonds. The van der Waals surface area contributed by atoms with Crippen molar-refractivity contribution in [3.63, 3.8) is 0 Å². The molecule has 0 bridgehead atoms. The molecule has 0 saturated carbocycles. The number of aliphatic hydroxyl groups excluding tert-OH is 1. The standard InChI is InChI=1S/C15H23NO3/c1-12-6-13(4-5-14(12)18-3)7-16(2)8-15(9-17)10-19-11-15/h4-6,17H,7-11H2,1-3H3. The van der Waals surface area contributed by atoms with Crippen LogP contribution in [0, 0.1) is 12.3 Å². The minimum Gasteiger partial charge on any atom is -0.496 e. The summed E-state index contributed by atoms with van der Waals surface area (Å²) in [6.45, 7) is 5.29. The smallest absolute Gasteiger partial charge is 0.121 e. The Balaban J connectivity index is 1.95. The molecule has 0 spiro atoms. The summed E-state index contributed by atoms with van der Waals surface area (Å²) in [5, 5.41) is 9.44. The number of methoxy groups -OCH3 is 1. The molecule has 0 aromatic heterocycles. The Morgan fingerprint density at radius 1 is 1.42 bits per heavy atom. The summed E-state index contributed by atoms with van der Waals surface area (Å²) in [5.41, 5.74) is 2.35. The first-order valence-corrected chi connectivity index (χ1v) is 6.59. The molecule has 0 aliphatic carbocycles. The van der Waals surface area contributed by atoms with Crippen molar-refractivity contribution >= 4 is 0 Å². The van der Waals surface area contributed by atoms with Crippen molar-refractivity contribution in [1.29, 1.82) is 0 Å². The van der Waals surface area contributed by atoms with Gasteiger partial charge in [0.15, 0.2) is 0 Å². The summed E-state index contributed by atoms with van der Waals surface area (Å²) in [6.07, 6.45) is 0. The van der Waals surface area contributed by atoms with Crippen molar-refractivity contribution in [1.82, 2.24) is 4.90 Å². The molecule has 1 aliphatic heterocycles. The molecule has 1 N–H and O–H groups in total. The van der Waals surface area contributed by atoms with Crippen molar-refractivity contribution < 1.29 is 14.6 Å². The SMILES string of the molecule is COc1ccc(CN(C)CC2(CO)COC2)cc1C. The van der Waals surface area contributed by atoms with Crippen LogP contribution in [0.1, 0.15) is 11.1 Å². The van der Waals surface area contributed by atoms with E-state index in [1.165, 1.54) is 5.56 Å². The predicted octanol–water partition coefficient (Wildman–Crippen LogP) is 1.44. The molecule has 1 saturated heterocycles. The van der Waals surface area contributed by atoms with Gasteiger partial charge in [0, 0.05) is 13.1 Å². The van der Waals surface area contributed by atoms with E-state index in [1.54, 1.807) is 7.11 Å². The van der Waals surface area contributed by atoms with E-state index in [9.17, 15) is 5.11 Å². The second-order valence-corrected chi connectivity index (χ2v) is 5.63. The van der Waals surface area contributed by atoms with Crippen LogP contribution < -0.4 is 4.74 Å². The van der Waals surface area contributed by atoms with Crippen molar-refractivity contribution in [2.24, 2.45) is 5.41 Å². The molecule has 4 heteroatoms. The average molecular weight is 265 g/mol. The van der Waals surface area contributed by atoms with Gasteiger partial charge in [-0.1, -0.05) is 12.1 Å². The number of aryl methyl sites for hydroxylation is 1.